The summed E-state index contributed by atoms with van der Waals surface area (Å²) in [6.45, 7) is 4.07. The molecule has 0 saturated carbocycles. The molecule has 96 valence electrons. The van der Waals surface area contributed by atoms with E-state index in [0.717, 1.165) is 4.88 Å². The van der Waals surface area contributed by atoms with E-state index in [-0.39, 0.29) is 17.7 Å². The number of ether oxygens (including phenoxy) is 1. The molecule has 1 atom stereocenters. The van der Waals surface area contributed by atoms with Crippen LogP contribution in [0.3, 0.4) is 0 Å². The van der Waals surface area contributed by atoms with Gasteiger partial charge in [0.1, 0.15) is 6.10 Å². The lowest BCUT2D eigenvalue weighted by Crippen LogP contribution is -2.18. The van der Waals surface area contributed by atoms with Gasteiger partial charge >= 0.3 is 0 Å². The second-order valence-electron chi connectivity index (χ2n) is 4.18. The molecule has 0 amide bonds. The molecule has 0 aliphatic heterocycles. The van der Waals surface area contributed by atoms with Gasteiger partial charge in [0.25, 0.3) is 0 Å². The van der Waals surface area contributed by atoms with Gasteiger partial charge in [-0.25, -0.2) is 4.39 Å². The van der Waals surface area contributed by atoms with E-state index in [4.69, 9.17) is 10.5 Å². The Morgan fingerprint density at radius 3 is 2.67 bits per heavy atom. The second-order valence-corrected chi connectivity index (χ2v) is 5.50. The third kappa shape index (κ3) is 2.71. The number of rotatable bonds is 4. The highest BCUT2D eigenvalue weighted by atomic mass is 32.1. The lowest BCUT2D eigenvalue weighted by molar-refractivity contribution is 0.208. The van der Waals surface area contributed by atoms with Crippen molar-refractivity contribution in [2.75, 3.05) is 6.54 Å². The molecule has 1 unspecified atom stereocenters. The summed E-state index contributed by atoms with van der Waals surface area (Å²) < 4.78 is 19.5. The summed E-state index contributed by atoms with van der Waals surface area (Å²) in [6.07, 6.45) is -0.292. The molecule has 2 nitrogen and oxygen atoms in total. The first kappa shape index (κ1) is 13.1. The van der Waals surface area contributed by atoms with Gasteiger partial charge in [0, 0.05) is 16.3 Å². The van der Waals surface area contributed by atoms with Gasteiger partial charge in [-0.1, -0.05) is 12.1 Å². The number of aryl methyl sites for hydroxylation is 2. The van der Waals surface area contributed by atoms with Crippen LogP contribution in [0.25, 0.3) is 0 Å². The van der Waals surface area contributed by atoms with Crippen LogP contribution in [-0.2, 0) is 0 Å². The monoisotopic (exact) mass is 265 g/mol. The van der Waals surface area contributed by atoms with Crippen molar-refractivity contribution in [2.45, 2.75) is 20.0 Å². The molecule has 0 radical (unpaired) electrons. The maximum absolute atomic E-state index is 13.9. The lowest BCUT2D eigenvalue weighted by atomic mass is 10.2. The van der Waals surface area contributed by atoms with Crippen molar-refractivity contribution in [3.8, 4) is 5.75 Å². The molecule has 1 heterocycles. The number of halogens is 1. The number of hydrogen-bond donors (Lipinski definition) is 1. The quantitative estimate of drug-likeness (QED) is 0.917. The van der Waals surface area contributed by atoms with Crippen LogP contribution in [0, 0.1) is 19.7 Å². The molecule has 0 fully saturated rings. The normalized spacial score (nSPS) is 12.4. The van der Waals surface area contributed by atoms with Crippen molar-refractivity contribution in [1.82, 2.24) is 0 Å². The van der Waals surface area contributed by atoms with E-state index in [9.17, 15) is 4.39 Å². The van der Waals surface area contributed by atoms with Gasteiger partial charge in [-0.05, 0) is 37.6 Å². The van der Waals surface area contributed by atoms with Crippen molar-refractivity contribution >= 4 is 11.3 Å². The van der Waals surface area contributed by atoms with Crippen LogP contribution >= 0.6 is 11.3 Å². The van der Waals surface area contributed by atoms with Gasteiger partial charge in [-0.3, -0.25) is 0 Å². The van der Waals surface area contributed by atoms with Crippen molar-refractivity contribution in [2.24, 2.45) is 5.73 Å². The molecule has 2 N–H and O–H groups in total. The number of benzene rings is 1. The zero-order valence-electron chi connectivity index (χ0n) is 10.4. The topological polar surface area (TPSA) is 35.2 Å². The molecule has 18 heavy (non-hydrogen) atoms. The summed E-state index contributed by atoms with van der Waals surface area (Å²) in [5, 5.41) is 0. The van der Waals surface area contributed by atoms with Crippen molar-refractivity contribution in [3.05, 3.63) is 51.5 Å². The van der Waals surface area contributed by atoms with E-state index in [1.807, 2.05) is 19.1 Å². The highest BCUT2D eigenvalue weighted by molar-refractivity contribution is 7.12. The smallest absolute Gasteiger partial charge is 0.167 e. The Balaban J connectivity index is 2.23. The molecular formula is C14H16FNOS. The van der Waals surface area contributed by atoms with Crippen LogP contribution in [0.2, 0.25) is 0 Å². The summed E-state index contributed by atoms with van der Waals surface area (Å²) in [5.74, 6) is -0.0549. The average Bonchev–Trinajstić information content (AvgIpc) is 2.78. The third-order valence-electron chi connectivity index (χ3n) is 2.72. The van der Waals surface area contributed by atoms with Gasteiger partial charge in [-0.2, -0.15) is 0 Å². The Hall–Kier alpha value is -1.39. The summed E-state index contributed by atoms with van der Waals surface area (Å²) in [5.41, 5.74) is 6.28. The van der Waals surface area contributed by atoms with E-state index in [1.54, 1.807) is 36.5 Å². The third-order valence-corrected chi connectivity index (χ3v) is 3.81. The van der Waals surface area contributed by atoms with Gasteiger partial charge in [0.15, 0.2) is 11.6 Å². The fraction of sp³-hybridized carbons (Fsp3) is 0.286. The first-order chi connectivity index (χ1) is 8.61. The summed E-state index contributed by atoms with van der Waals surface area (Å²) in [6, 6.07) is 9.12. The van der Waals surface area contributed by atoms with Crippen LogP contribution in [-0.4, -0.2) is 6.54 Å². The Labute approximate surface area is 110 Å². The van der Waals surface area contributed by atoms with Crippen LogP contribution in [0.1, 0.15) is 21.4 Å². The first-order valence-electron chi connectivity index (χ1n) is 5.80. The lowest BCUT2D eigenvalue weighted by Gasteiger charge is -2.17. The molecule has 0 aliphatic rings. The minimum atomic E-state index is -0.316. The summed E-state index contributed by atoms with van der Waals surface area (Å²) in [7, 11) is 0. The molecule has 0 bridgehead atoms. The van der Waals surface area contributed by atoms with Gasteiger partial charge in [-0.15, -0.1) is 11.3 Å². The molecule has 2 rings (SSSR count). The van der Waals surface area contributed by atoms with E-state index in [1.165, 1.54) is 4.88 Å². The Kier molecular flexibility index (Phi) is 3.99. The highest BCUT2D eigenvalue weighted by Crippen LogP contribution is 2.29. The van der Waals surface area contributed by atoms with Gasteiger partial charge in [0.2, 0.25) is 0 Å². The zero-order chi connectivity index (χ0) is 13.1. The fourth-order valence-electron chi connectivity index (χ4n) is 1.71. The van der Waals surface area contributed by atoms with Gasteiger partial charge < -0.3 is 10.5 Å². The van der Waals surface area contributed by atoms with Crippen molar-refractivity contribution in [1.29, 1.82) is 0 Å². The average molecular weight is 265 g/mol. The second kappa shape index (κ2) is 5.50. The van der Waals surface area contributed by atoms with E-state index >= 15 is 0 Å². The number of nitrogens with two attached hydrogens (primary N) is 1. The number of hydrogen-bond acceptors (Lipinski definition) is 3. The Bertz CT molecular complexity index is 538. The minimum Gasteiger partial charge on any atom is -0.480 e. The fourth-order valence-corrected chi connectivity index (χ4v) is 2.63. The molecular weight excluding hydrogens is 249 g/mol. The molecule has 0 spiro atoms. The SMILES string of the molecule is Cc1ccc(C(CN)Oc2cccc(C)c2F)s1. The summed E-state index contributed by atoms with van der Waals surface area (Å²) in [4.78, 5) is 2.22. The minimum absolute atomic E-state index is 0.261. The molecule has 0 aliphatic carbocycles. The summed E-state index contributed by atoms with van der Waals surface area (Å²) >= 11 is 1.62. The zero-order valence-corrected chi connectivity index (χ0v) is 11.3. The molecule has 4 heteroatoms. The van der Waals surface area contributed by atoms with E-state index < -0.39 is 0 Å². The largest absolute Gasteiger partial charge is 0.480 e. The predicted molar refractivity (Wildman–Crippen MR) is 72.6 cm³/mol. The van der Waals surface area contributed by atoms with Crippen LogP contribution in [0.5, 0.6) is 5.75 Å². The molecule has 2 aromatic rings. The highest BCUT2D eigenvalue weighted by Gasteiger charge is 2.16. The molecule has 1 aromatic heterocycles. The maximum atomic E-state index is 13.9. The van der Waals surface area contributed by atoms with Crippen LogP contribution in [0.4, 0.5) is 4.39 Å². The van der Waals surface area contributed by atoms with Gasteiger partial charge in [0.05, 0.1) is 0 Å². The molecule has 0 saturated heterocycles. The predicted octanol–water partition coefficient (Wildman–Crippen LogP) is 3.58. The van der Waals surface area contributed by atoms with Crippen molar-refractivity contribution in [3.63, 3.8) is 0 Å². The maximum Gasteiger partial charge on any atom is 0.167 e. The van der Waals surface area contributed by atoms with Crippen LogP contribution < -0.4 is 10.5 Å². The molecule has 1 aromatic carbocycles. The number of thiophene rings is 1. The standard InChI is InChI=1S/C14H16FNOS/c1-9-4-3-5-11(14(9)15)17-12(8-16)13-7-6-10(2)18-13/h3-7,12H,8,16H2,1-2H3. The van der Waals surface area contributed by atoms with Crippen LogP contribution in [0.15, 0.2) is 30.3 Å². The Morgan fingerprint density at radius 1 is 1.28 bits per heavy atom. The van der Waals surface area contributed by atoms with E-state index in [0.29, 0.717) is 12.1 Å². The Morgan fingerprint density at radius 2 is 2.06 bits per heavy atom. The van der Waals surface area contributed by atoms with Crippen molar-refractivity contribution < 1.29 is 9.13 Å². The van der Waals surface area contributed by atoms with E-state index in [2.05, 4.69) is 0 Å². The first-order valence-corrected chi connectivity index (χ1v) is 6.61.